The molecule has 2 aliphatic rings. The van der Waals surface area contributed by atoms with E-state index in [0.717, 1.165) is 31.4 Å². The van der Waals surface area contributed by atoms with Crippen LogP contribution in [0.4, 0.5) is 0 Å². The first kappa shape index (κ1) is 16.1. The third-order valence-electron chi connectivity index (χ3n) is 5.18. The minimum absolute atomic E-state index is 0.109. The number of likely N-dealkylation sites (N-methyl/N-ethyl adjacent to an activating group) is 1. The molecule has 4 rings (SSSR count). The van der Waals surface area contributed by atoms with Crippen molar-refractivity contribution in [3.63, 3.8) is 0 Å². The lowest BCUT2D eigenvalue weighted by atomic mass is 9.98. The molecule has 0 aromatic carbocycles. The van der Waals surface area contributed by atoms with Gasteiger partial charge in [-0.1, -0.05) is 5.16 Å². The van der Waals surface area contributed by atoms with E-state index in [2.05, 4.69) is 15.5 Å². The summed E-state index contributed by atoms with van der Waals surface area (Å²) in [5.74, 6) is 0.161. The third kappa shape index (κ3) is 2.77. The third-order valence-corrected chi connectivity index (χ3v) is 5.18. The average Bonchev–Trinajstić information content (AvgIpc) is 3.43. The fraction of sp³-hybridized carbons (Fsp3) is 0.556. The van der Waals surface area contributed by atoms with E-state index in [4.69, 9.17) is 4.52 Å². The highest BCUT2D eigenvalue weighted by Crippen LogP contribution is 2.40. The van der Waals surface area contributed by atoms with Crippen molar-refractivity contribution in [1.82, 2.24) is 20.4 Å². The number of aromatic nitrogens is 2. The maximum absolute atomic E-state index is 13.3. The summed E-state index contributed by atoms with van der Waals surface area (Å²) < 4.78 is 5.33. The molecular formula is C18H22N4O3. The Bertz CT molecular complexity index is 840. The molecular weight excluding hydrogens is 320 g/mol. The van der Waals surface area contributed by atoms with Crippen LogP contribution in [0.3, 0.4) is 0 Å². The molecule has 0 spiro atoms. The number of carbonyl (C=O) groups is 2. The van der Waals surface area contributed by atoms with Crippen molar-refractivity contribution >= 4 is 22.9 Å². The van der Waals surface area contributed by atoms with Crippen LogP contribution in [0.15, 0.2) is 10.6 Å². The number of rotatable bonds is 3. The van der Waals surface area contributed by atoms with Gasteiger partial charge in [0.25, 0.3) is 11.6 Å². The normalized spacial score (nSPS) is 20.7. The fourth-order valence-corrected chi connectivity index (χ4v) is 3.64. The molecule has 25 heavy (non-hydrogen) atoms. The van der Waals surface area contributed by atoms with Gasteiger partial charge in [-0.2, -0.15) is 0 Å². The molecule has 1 saturated heterocycles. The lowest BCUT2D eigenvalue weighted by Crippen LogP contribution is -2.51. The van der Waals surface area contributed by atoms with Gasteiger partial charge in [-0.3, -0.25) is 9.59 Å². The highest BCUT2D eigenvalue weighted by atomic mass is 16.5. The molecule has 1 aliphatic heterocycles. The lowest BCUT2D eigenvalue weighted by Gasteiger charge is -2.34. The smallest absolute Gasteiger partial charge is 0.259 e. The highest BCUT2D eigenvalue weighted by Gasteiger charge is 2.35. The van der Waals surface area contributed by atoms with Crippen LogP contribution in [0.25, 0.3) is 11.1 Å². The van der Waals surface area contributed by atoms with Gasteiger partial charge >= 0.3 is 0 Å². The summed E-state index contributed by atoms with van der Waals surface area (Å²) in [6.45, 7) is 2.40. The van der Waals surface area contributed by atoms with E-state index in [1.807, 2.05) is 13.0 Å². The van der Waals surface area contributed by atoms with Gasteiger partial charge in [0, 0.05) is 25.2 Å². The van der Waals surface area contributed by atoms with Gasteiger partial charge in [0.1, 0.15) is 6.04 Å². The molecule has 1 aliphatic carbocycles. The van der Waals surface area contributed by atoms with E-state index in [1.165, 1.54) is 0 Å². The molecule has 7 heteroatoms. The molecule has 132 valence electrons. The lowest BCUT2D eigenvalue weighted by molar-refractivity contribution is -0.126. The highest BCUT2D eigenvalue weighted by molar-refractivity contribution is 6.07. The average molecular weight is 342 g/mol. The Hall–Kier alpha value is -2.44. The van der Waals surface area contributed by atoms with Gasteiger partial charge in [0.15, 0.2) is 0 Å². The first-order valence-electron chi connectivity index (χ1n) is 8.89. The Morgan fingerprint density at radius 3 is 2.80 bits per heavy atom. The van der Waals surface area contributed by atoms with Crippen molar-refractivity contribution in [3.05, 3.63) is 23.0 Å². The van der Waals surface area contributed by atoms with Crippen LogP contribution >= 0.6 is 0 Å². The van der Waals surface area contributed by atoms with Gasteiger partial charge in [-0.15, -0.1) is 0 Å². The zero-order valence-corrected chi connectivity index (χ0v) is 14.5. The number of hydrogen-bond donors (Lipinski definition) is 1. The number of likely N-dealkylation sites (tertiary alicyclic amines) is 1. The van der Waals surface area contributed by atoms with Crippen molar-refractivity contribution in [2.75, 3.05) is 13.6 Å². The minimum Gasteiger partial charge on any atom is -0.357 e. The van der Waals surface area contributed by atoms with E-state index < -0.39 is 6.04 Å². The number of hydrogen-bond acceptors (Lipinski definition) is 5. The number of nitrogens with one attached hydrogen (secondary N) is 1. The monoisotopic (exact) mass is 342 g/mol. The van der Waals surface area contributed by atoms with Crippen LogP contribution < -0.4 is 5.32 Å². The number of aryl methyl sites for hydroxylation is 1. The van der Waals surface area contributed by atoms with Gasteiger partial charge in [-0.05, 0) is 45.1 Å². The van der Waals surface area contributed by atoms with Gasteiger partial charge in [-0.25, -0.2) is 4.98 Å². The van der Waals surface area contributed by atoms with E-state index in [-0.39, 0.29) is 11.8 Å². The molecule has 7 nitrogen and oxygen atoms in total. The van der Waals surface area contributed by atoms with Crippen molar-refractivity contribution in [2.45, 2.75) is 51.0 Å². The van der Waals surface area contributed by atoms with Crippen LogP contribution in [-0.2, 0) is 4.79 Å². The van der Waals surface area contributed by atoms with E-state index in [1.54, 1.807) is 11.9 Å². The summed E-state index contributed by atoms with van der Waals surface area (Å²) in [7, 11) is 1.61. The van der Waals surface area contributed by atoms with Crippen molar-refractivity contribution in [1.29, 1.82) is 0 Å². The predicted molar refractivity (Wildman–Crippen MR) is 91.3 cm³/mol. The minimum atomic E-state index is -0.418. The summed E-state index contributed by atoms with van der Waals surface area (Å²) in [5.41, 5.74) is 2.52. The maximum Gasteiger partial charge on any atom is 0.259 e. The molecule has 1 saturated carbocycles. The van der Waals surface area contributed by atoms with Crippen LogP contribution in [0.5, 0.6) is 0 Å². The van der Waals surface area contributed by atoms with E-state index >= 15 is 0 Å². The predicted octanol–water partition coefficient (Wildman–Crippen LogP) is 2.15. The van der Waals surface area contributed by atoms with Crippen LogP contribution in [-0.4, -0.2) is 46.5 Å². The molecule has 2 amide bonds. The Morgan fingerprint density at radius 2 is 2.08 bits per heavy atom. The molecule has 0 radical (unpaired) electrons. The van der Waals surface area contributed by atoms with E-state index in [9.17, 15) is 9.59 Å². The molecule has 3 heterocycles. The number of carbonyl (C=O) groups excluding carboxylic acids is 2. The summed E-state index contributed by atoms with van der Waals surface area (Å²) in [6.07, 6.45) is 4.73. The van der Waals surface area contributed by atoms with Crippen molar-refractivity contribution in [2.24, 2.45) is 0 Å². The van der Waals surface area contributed by atoms with Gasteiger partial charge in [0.2, 0.25) is 5.91 Å². The SMILES string of the molecule is CNC(=O)C1CCCCN1C(=O)c1cc(C2CC2)nc2onc(C)c12. The molecule has 2 aromatic heterocycles. The second kappa shape index (κ2) is 6.13. The maximum atomic E-state index is 13.3. The molecule has 1 N–H and O–H groups in total. The Labute approximate surface area is 145 Å². The summed E-state index contributed by atoms with van der Waals surface area (Å²) >= 11 is 0. The first-order chi connectivity index (χ1) is 12.1. The first-order valence-corrected chi connectivity index (χ1v) is 8.89. The van der Waals surface area contributed by atoms with Crippen molar-refractivity contribution < 1.29 is 14.1 Å². The number of nitrogens with zero attached hydrogens (tertiary/aromatic N) is 3. The van der Waals surface area contributed by atoms with Gasteiger partial charge < -0.3 is 14.7 Å². The second-order valence-corrected chi connectivity index (χ2v) is 6.94. The number of pyridine rings is 1. The van der Waals surface area contributed by atoms with E-state index in [0.29, 0.717) is 41.2 Å². The quantitative estimate of drug-likeness (QED) is 0.923. The van der Waals surface area contributed by atoms with Crippen LogP contribution in [0, 0.1) is 6.92 Å². The van der Waals surface area contributed by atoms with Crippen LogP contribution in [0.2, 0.25) is 0 Å². The van der Waals surface area contributed by atoms with Crippen molar-refractivity contribution in [3.8, 4) is 0 Å². The zero-order valence-electron chi connectivity index (χ0n) is 14.5. The summed E-state index contributed by atoms with van der Waals surface area (Å²) in [6, 6.07) is 1.46. The number of piperidine rings is 1. The summed E-state index contributed by atoms with van der Waals surface area (Å²) in [5, 5.41) is 7.33. The van der Waals surface area contributed by atoms with Crippen LogP contribution in [0.1, 0.15) is 59.8 Å². The fourth-order valence-electron chi connectivity index (χ4n) is 3.64. The molecule has 2 fully saturated rings. The zero-order chi connectivity index (χ0) is 17.6. The Kier molecular flexibility index (Phi) is 3.94. The molecule has 1 unspecified atom stereocenters. The second-order valence-electron chi connectivity index (χ2n) is 6.94. The largest absolute Gasteiger partial charge is 0.357 e. The number of amides is 2. The van der Waals surface area contributed by atoms with Gasteiger partial charge in [0.05, 0.1) is 16.6 Å². The standard InChI is InChI=1S/C18H22N4O3/c1-10-15-12(9-13(11-6-7-11)20-17(15)25-21-10)18(24)22-8-4-3-5-14(22)16(23)19-2/h9,11,14H,3-8H2,1-2H3,(H,19,23). The molecule has 1 atom stereocenters. The summed E-state index contributed by atoms with van der Waals surface area (Å²) in [4.78, 5) is 31.8. The topological polar surface area (TPSA) is 88.3 Å². The Balaban J connectivity index is 1.78. The molecule has 0 bridgehead atoms. The molecule has 2 aromatic rings. The Morgan fingerprint density at radius 1 is 1.28 bits per heavy atom. The number of fused-ring (bicyclic) bond motifs is 1.